The lowest BCUT2D eigenvalue weighted by Gasteiger charge is -2.13. The standard InChI is InChI=1S/C23H14ClFN2O2S/c24-15-6-4-8-17(12-15)27-22(28)21-20(18-9-1-2-10-19(18)30-21)26(23(27)29)13-14-5-3-7-16(25)11-14/h1-12H,13H2. The fourth-order valence-corrected chi connectivity index (χ4v) is 4.98. The second-order valence-electron chi connectivity index (χ2n) is 6.90. The molecule has 2 aromatic heterocycles. The van der Waals surface area contributed by atoms with Crippen molar-refractivity contribution in [2.75, 3.05) is 0 Å². The topological polar surface area (TPSA) is 44.0 Å². The molecule has 3 aromatic carbocycles. The summed E-state index contributed by atoms with van der Waals surface area (Å²) in [5, 5.41) is 1.24. The van der Waals surface area contributed by atoms with Crippen LogP contribution in [0.1, 0.15) is 5.56 Å². The zero-order valence-corrected chi connectivity index (χ0v) is 17.1. The Kier molecular flexibility index (Phi) is 4.53. The van der Waals surface area contributed by atoms with Gasteiger partial charge in [-0.25, -0.2) is 13.8 Å². The van der Waals surface area contributed by atoms with Gasteiger partial charge in [0.05, 0.1) is 17.7 Å². The summed E-state index contributed by atoms with van der Waals surface area (Å²) in [6.07, 6.45) is 0. The van der Waals surface area contributed by atoms with E-state index in [9.17, 15) is 14.0 Å². The van der Waals surface area contributed by atoms with Gasteiger partial charge < -0.3 is 0 Å². The first kappa shape index (κ1) is 18.8. The summed E-state index contributed by atoms with van der Waals surface area (Å²) in [7, 11) is 0. The largest absolute Gasteiger partial charge is 0.336 e. The van der Waals surface area contributed by atoms with Crippen LogP contribution in [0, 0.1) is 5.82 Å². The van der Waals surface area contributed by atoms with Crippen molar-refractivity contribution >= 4 is 43.2 Å². The van der Waals surface area contributed by atoms with E-state index in [1.54, 1.807) is 36.4 Å². The van der Waals surface area contributed by atoms with Gasteiger partial charge in [0.1, 0.15) is 10.5 Å². The Hall–Kier alpha value is -3.22. The van der Waals surface area contributed by atoms with Crippen molar-refractivity contribution in [1.29, 1.82) is 0 Å². The molecule has 0 fully saturated rings. The fourth-order valence-electron chi connectivity index (χ4n) is 3.66. The number of hydrogen-bond acceptors (Lipinski definition) is 3. The molecule has 148 valence electrons. The van der Waals surface area contributed by atoms with E-state index in [4.69, 9.17) is 11.6 Å². The van der Waals surface area contributed by atoms with E-state index in [1.807, 2.05) is 24.3 Å². The molecule has 0 aliphatic carbocycles. The van der Waals surface area contributed by atoms with Crippen molar-refractivity contribution in [1.82, 2.24) is 9.13 Å². The fraction of sp³-hybridized carbons (Fsp3) is 0.0435. The van der Waals surface area contributed by atoms with Crippen molar-refractivity contribution in [3.63, 3.8) is 0 Å². The third-order valence-electron chi connectivity index (χ3n) is 4.95. The van der Waals surface area contributed by atoms with E-state index < -0.39 is 11.2 Å². The average Bonchev–Trinajstić information content (AvgIpc) is 3.11. The van der Waals surface area contributed by atoms with Crippen LogP contribution in [0.2, 0.25) is 5.02 Å². The van der Waals surface area contributed by atoms with Gasteiger partial charge in [-0.1, -0.05) is 48.0 Å². The van der Waals surface area contributed by atoms with Crippen molar-refractivity contribution in [3.8, 4) is 5.69 Å². The van der Waals surface area contributed by atoms with E-state index in [-0.39, 0.29) is 12.4 Å². The molecule has 4 nitrogen and oxygen atoms in total. The molecule has 0 saturated carbocycles. The first-order chi connectivity index (χ1) is 14.5. The summed E-state index contributed by atoms with van der Waals surface area (Å²) in [6.45, 7) is 0.134. The molecule has 0 aliphatic rings. The second kappa shape index (κ2) is 7.23. The number of thiophene rings is 1. The minimum absolute atomic E-state index is 0.134. The predicted octanol–water partition coefficient (Wildman–Crippen LogP) is 5.21. The first-order valence-corrected chi connectivity index (χ1v) is 10.4. The van der Waals surface area contributed by atoms with E-state index in [0.29, 0.717) is 26.5 Å². The molecule has 0 radical (unpaired) electrons. The monoisotopic (exact) mass is 436 g/mol. The summed E-state index contributed by atoms with van der Waals surface area (Å²) < 4.78 is 17.8. The van der Waals surface area contributed by atoms with Crippen LogP contribution in [-0.2, 0) is 6.54 Å². The van der Waals surface area contributed by atoms with E-state index in [2.05, 4.69) is 0 Å². The molecule has 0 unspecified atom stereocenters. The second-order valence-corrected chi connectivity index (χ2v) is 8.38. The molecule has 0 spiro atoms. The van der Waals surface area contributed by atoms with Gasteiger partial charge in [0.2, 0.25) is 0 Å². The minimum Gasteiger partial charge on any atom is -0.287 e. The molecule has 30 heavy (non-hydrogen) atoms. The van der Waals surface area contributed by atoms with Crippen LogP contribution in [0.4, 0.5) is 4.39 Å². The van der Waals surface area contributed by atoms with Crippen LogP contribution in [0.5, 0.6) is 0 Å². The number of rotatable bonds is 3. The number of fused-ring (bicyclic) bond motifs is 3. The summed E-state index contributed by atoms with van der Waals surface area (Å²) in [4.78, 5) is 26.9. The molecule has 5 aromatic rings. The Morgan fingerprint density at radius 1 is 0.933 bits per heavy atom. The summed E-state index contributed by atoms with van der Waals surface area (Å²) in [5.41, 5.74) is 0.694. The first-order valence-electron chi connectivity index (χ1n) is 9.20. The van der Waals surface area contributed by atoms with Gasteiger partial charge in [0, 0.05) is 15.1 Å². The summed E-state index contributed by atoms with van der Waals surface area (Å²) in [6, 6.07) is 20.3. The number of halogens is 2. The van der Waals surface area contributed by atoms with E-state index in [1.165, 1.54) is 28.0 Å². The zero-order valence-electron chi connectivity index (χ0n) is 15.5. The molecule has 0 bridgehead atoms. The maximum absolute atomic E-state index is 13.8. The van der Waals surface area contributed by atoms with E-state index >= 15 is 0 Å². The van der Waals surface area contributed by atoms with Gasteiger partial charge in [-0.2, -0.15) is 0 Å². The van der Waals surface area contributed by atoms with Crippen molar-refractivity contribution < 1.29 is 4.39 Å². The molecule has 2 heterocycles. The van der Waals surface area contributed by atoms with Gasteiger partial charge in [0.15, 0.2) is 0 Å². The molecule has 0 N–H and O–H groups in total. The van der Waals surface area contributed by atoms with Gasteiger partial charge in [-0.3, -0.25) is 9.36 Å². The van der Waals surface area contributed by atoms with Crippen LogP contribution in [-0.4, -0.2) is 9.13 Å². The number of hydrogen-bond donors (Lipinski definition) is 0. The SMILES string of the molecule is O=c1c2sc3ccccc3c2n(Cc2cccc(F)c2)c(=O)n1-c1cccc(Cl)c1. The maximum Gasteiger partial charge on any atom is 0.336 e. The number of nitrogens with zero attached hydrogens (tertiary/aromatic N) is 2. The lowest BCUT2D eigenvalue weighted by Crippen LogP contribution is -2.38. The van der Waals surface area contributed by atoms with Crippen LogP contribution < -0.4 is 11.2 Å². The van der Waals surface area contributed by atoms with Crippen molar-refractivity contribution in [2.24, 2.45) is 0 Å². The Morgan fingerprint density at radius 2 is 1.73 bits per heavy atom. The Bertz CT molecular complexity index is 1550. The molecule has 0 amide bonds. The van der Waals surface area contributed by atoms with Gasteiger partial charge in [-0.05, 0) is 42.0 Å². The molecule has 7 heteroatoms. The predicted molar refractivity (Wildman–Crippen MR) is 120 cm³/mol. The van der Waals surface area contributed by atoms with Crippen molar-refractivity contribution in [3.05, 3.63) is 110 Å². The molecular weight excluding hydrogens is 423 g/mol. The zero-order chi connectivity index (χ0) is 20.8. The lowest BCUT2D eigenvalue weighted by atomic mass is 10.2. The molecular formula is C23H14ClFN2O2S. The highest BCUT2D eigenvalue weighted by Gasteiger charge is 2.19. The van der Waals surface area contributed by atoms with Gasteiger partial charge >= 0.3 is 5.69 Å². The van der Waals surface area contributed by atoms with Crippen LogP contribution in [0.3, 0.4) is 0 Å². The molecule has 0 atom stereocenters. The quantitative estimate of drug-likeness (QED) is 0.390. The highest BCUT2D eigenvalue weighted by molar-refractivity contribution is 7.25. The maximum atomic E-state index is 13.8. The third kappa shape index (κ3) is 3.05. The lowest BCUT2D eigenvalue weighted by molar-refractivity contribution is 0.622. The smallest absolute Gasteiger partial charge is 0.287 e. The third-order valence-corrected chi connectivity index (χ3v) is 6.34. The summed E-state index contributed by atoms with van der Waals surface area (Å²) in [5.74, 6) is -0.380. The Balaban J connectivity index is 1.90. The molecule has 5 rings (SSSR count). The molecule has 0 aliphatic heterocycles. The van der Waals surface area contributed by atoms with Gasteiger partial charge in [0.25, 0.3) is 5.56 Å². The Labute approximate surface area is 179 Å². The number of benzene rings is 3. The number of aromatic nitrogens is 2. The highest BCUT2D eigenvalue weighted by Crippen LogP contribution is 2.31. The highest BCUT2D eigenvalue weighted by atomic mass is 35.5. The van der Waals surface area contributed by atoms with Gasteiger partial charge in [-0.15, -0.1) is 11.3 Å². The minimum atomic E-state index is -0.498. The summed E-state index contributed by atoms with van der Waals surface area (Å²) >= 11 is 7.44. The average molecular weight is 437 g/mol. The Morgan fingerprint density at radius 3 is 2.53 bits per heavy atom. The van der Waals surface area contributed by atoms with Crippen LogP contribution in [0.25, 0.3) is 26.0 Å². The van der Waals surface area contributed by atoms with Crippen LogP contribution >= 0.6 is 22.9 Å². The van der Waals surface area contributed by atoms with E-state index in [0.717, 1.165) is 14.7 Å². The normalized spacial score (nSPS) is 11.4. The van der Waals surface area contributed by atoms with Crippen molar-refractivity contribution in [2.45, 2.75) is 6.54 Å². The molecule has 0 saturated heterocycles. The van der Waals surface area contributed by atoms with Crippen LogP contribution in [0.15, 0.2) is 82.4 Å².